The van der Waals surface area contributed by atoms with Crippen molar-refractivity contribution in [1.29, 1.82) is 0 Å². The van der Waals surface area contributed by atoms with Crippen LogP contribution in [0.3, 0.4) is 0 Å². The van der Waals surface area contributed by atoms with E-state index in [4.69, 9.17) is 0 Å². The van der Waals surface area contributed by atoms with Crippen LogP contribution < -0.4 is 5.32 Å². The molecule has 26 heavy (non-hydrogen) atoms. The summed E-state index contributed by atoms with van der Waals surface area (Å²) < 4.78 is 0. The van der Waals surface area contributed by atoms with Gasteiger partial charge >= 0.3 is 0 Å². The summed E-state index contributed by atoms with van der Waals surface area (Å²) in [6.07, 6.45) is 12.2. The predicted octanol–water partition coefficient (Wildman–Crippen LogP) is 3.89. The topological polar surface area (TPSA) is 49.4 Å². The maximum Gasteiger partial charge on any atom is 0.226 e. The first kappa shape index (κ1) is 18.3. The molecular weight excluding hydrogens is 324 g/mol. The van der Waals surface area contributed by atoms with Crippen molar-refractivity contribution < 1.29 is 9.59 Å². The van der Waals surface area contributed by atoms with Crippen LogP contribution in [0.25, 0.3) is 0 Å². The molecule has 0 spiro atoms. The highest BCUT2D eigenvalue weighted by atomic mass is 16.2. The Kier molecular flexibility index (Phi) is 4.60. The second kappa shape index (κ2) is 6.53. The van der Waals surface area contributed by atoms with Crippen LogP contribution in [0.5, 0.6) is 0 Å². The normalized spacial score (nSPS) is 42.0. The minimum absolute atomic E-state index is 0.110. The maximum atomic E-state index is 13.2. The van der Waals surface area contributed by atoms with E-state index in [1.807, 2.05) is 4.90 Å². The summed E-state index contributed by atoms with van der Waals surface area (Å²) in [5.74, 6) is 1.36. The van der Waals surface area contributed by atoms with E-state index in [1.54, 1.807) is 0 Å². The third-order valence-electron chi connectivity index (χ3n) is 7.67. The molecule has 4 nitrogen and oxygen atoms in total. The largest absolute Gasteiger partial charge is 0.356 e. The molecule has 1 heterocycles. The minimum atomic E-state index is -0.110. The van der Waals surface area contributed by atoms with E-state index in [0.717, 1.165) is 57.5 Å². The lowest BCUT2D eigenvalue weighted by molar-refractivity contribution is -0.170. The summed E-state index contributed by atoms with van der Waals surface area (Å²) in [7, 11) is 0. The van der Waals surface area contributed by atoms with E-state index in [9.17, 15) is 9.59 Å². The Bertz CT molecular complexity index is 569. The van der Waals surface area contributed by atoms with Gasteiger partial charge in [0, 0.05) is 26.1 Å². The van der Waals surface area contributed by atoms with Crippen molar-refractivity contribution >= 4 is 11.8 Å². The standard InChI is InChI=1S/C22H36N2O2/c1-20-11-17-12-21(2,14-20)16-22(13-17,15-20)19(26)23-8-6-10-24-9-5-3-4-7-18(24)25/h17H,3-16H2,1-2H3,(H,23,26). The molecule has 0 aromatic carbocycles. The molecule has 0 aromatic heterocycles. The van der Waals surface area contributed by atoms with Gasteiger partial charge in [0.05, 0.1) is 5.41 Å². The Morgan fingerprint density at radius 2 is 1.81 bits per heavy atom. The van der Waals surface area contributed by atoms with Crippen molar-refractivity contribution in [3.8, 4) is 0 Å². The van der Waals surface area contributed by atoms with Crippen LogP contribution in [0, 0.1) is 22.2 Å². The molecular formula is C22H36N2O2. The summed E-state index contributed by atoms with van der Waals surface area (Å²) in [4.78, 5) is 27.2. The van der Waals surface area contributed by atoms with Gasteiger partial charge in [-0.1, -0.05) is 20.3 Å². The molecule has 2 unspecified atom stereocenters. The summed E-state index contributed by atoms with van der Waals surface area (Å²) in [6.45, 7) is 7.24. The number of likely N-dealkylation sites (tertiary alicyclic amines) is 1. The number of carbonyl (C=O) groups excluding carboxylic acids is 2. The number of hydrogen-bond acceptors (Lipinski definition) is 2. The van der Waals surface area contributed by atoms with Crippen molar-refractivity contribution in [2.24, 2.45) is 22.2 Å². The zero-order valence-electron chi connectivity index (χ0n) is 16.7. The Balaban J connectivity index is 1.30. The fourth-order valence-electron chi connectivity index (χ4n) is 7.64. The smallest absolute Gasteiger partial charge is 0.226 e. The first-order valence-corrected chi connectivity index (χ1v) is 10.9. The molecule has 5 fully saturated rings. The summed E-state index contributed by atoms with van der Waals surface area (Å²) in [5, 5.41) is 3.27. The molecule has 0 radical (unpaired) electrons. The second-order valence-electron chi connectivity index (χ2n) is 10.7. The van der Waals surface area contributed by atoms with E-state index in [0.29, 0.717) is 35.6 Å². The molecule has 2 atom stereocenters. The summed E-state index contributed by atoms with van der Waals surface area (Å²) in [6, 6.07) is 0. The molecule has 146 valence electrons. The van der Waals surface area contributed by atoms with Gasteiger partial charge in [0.15, 0.2) is 0 Å². The van der Waals surface area contributed by atoms with Crippen LogP contribution in [0.2, 0.25) is 0 Å². The Morgan fingerprint density at radius 3 is 2.50 bits per heavy atom. The third kappa shape index (κ3) is 3.41. The van der Waals surface area contributed by atoms with Crippen molar-refractivity contribution in [3.63, 3.8) is 0 Å². The summed E-state index contributed by atoms with van der Waals surface area (Å²) in [5.41, 5.74) is 0.648. The van der Waals surface area contributed by atoms with Gasteiger partial charge < -0.3 is 10.2 Å². The predicted molar refractivity (Wildman–Crippen MR) is 103 cm³/mol. The van der Waals surface area contributed by atoms with Gasteiger partial charge in [-0.2, -0.15) is 0 Å². The average Bonchev–Trinajstić information content (AvgIpc) is 2.72. The molecule has 5 aliphatic rings. The number of nitrogens with one attached hydrogen (secondary N) is 1. The van der Waals surface area contributed by atoms with Crippen LogP contribution in [-0.2, 0) is 9.59 Å². The molecule has 4 bridgehead atoms. The van der Waals surface area contributed by atoms with Crippen molar-refractivity contribution in [1.82, 2.24) is 10.2 Å². The van der Waals surface area contributed by atoms with Crippen molar-refractivity contribution in [2.45, 2.75) is 84.5 Å². The zero-order valence-corrected chi connectivity index (χ0v) is 16.7. The Labute approximate surface area is 158 Å². The highest BCUT2D eigenvalue weighted by molar-refractivity contribution is 5.83. The fraction of sp³-hybridized carbons (Fsp3) is 0.909. The van der Waals surface area contributed by atoms with Gasteiger partial charge in [0.2, 0.25) is 11.8 Å². The molecule has 2 amide bonds. The monoisotopic (exact) mass is 360 g/mol. The molecule has 1 saturated heterocycles. The molecule has 4 aliphatic carbocycles. The van der Waals surface area contributed by atoms with Gasteiger partial charge in [-0.25, -0.2) is 0 Å². The van der Waals surface area contributed by atoms with Crippen LogP contribution in [0.4, 0.5) is 0 Å². The van der Waals surface area contributed by atoms with Crippen LogP contribution in [0.15, 0.2) is 0 Å². The average molecular weight is 361 g/mol. The highest BCUT2D eigenvalue weighted by Gasteiger charge is 2.62. The van der Waals surface area contributed by atoms with Crippen LogP contribution in [-0.4, -0.2) is 36.3 Å². The molecule has 0 aromatic rings. The lowest BCUT2D eigenvalue weighted by Gasteiger charge is -2.64. The van der Waals surface area contributed by atoms with Gasteiger partial charge in [0.25, 0.3) is 0 Å². The molecule has 4 heteroatoms. The lowest BCUT2D eigenvalue weighted by atomic mass is 9.40. The summed E-state index contributed by atoms with van der Waals surface area (Å²) >= 11 is 0. The lowest BCUT2D eigenvalue weighted by Crippen LogP contribution is -2.60. The number of carbonyl (C=O) groups is 2. The van der Waals surface area contributed by atoms with Gasteiger partial charge in [-0.3, -0.25) is 9.59 Å². The van der Waals surface area contributed by atoms with Crippen molar-refractivity contribution in [2.75, 3.05) is 19.6 Å². The van der Waals surface area contributed by atoms with E-state index in [1.165, 1.54) is 25.7 Å². The first-order valence-electron chi connectivity index (χ1n) is 10.9. The van der Waals surface area contributed by atoms with Gasteiger partial charge in [-0.05, 0) is 74.5 Å². The quantitative estimate of drug-likeness (QED) is 0.756. The highest BCUT2D eigenvalue weighted by Crippen LogP contribution is 2.69. The Hall–Kier alpha value is -1.06. The van der Waals surface area contributed by atoms with E-state index in [-0.39, 0.29) is 5.41 Å². The van der Waals surface area contributed by atoms with Gasteiger partial charge in [-0.15, -0.1) is 0 Å². The minimum Gasteiger partial charge on any atom is -0.356 e. The Morgan fingerprint density at radius 1 is 1.08 bits per heavy atom. The SMILES string of the molecule is CC12CC3CC(C)(C1)CC(C(=O)NCCCN1CCCCCC1=O)(C3)C2. The van der Waals surface area contributed by atoms with E-state index < -0.39 is 0 Å². The number of nitrogens with zero attached hydrogens (tertiary/aromatic N) is 1. The van der Waals surface area contributed by atoms with E-state index in [2.05, 4.69) is 19.2 Å². The molecule has 1 aliphatic heterocycles. The molecule has 1 N–H and O–H groups in total. The maximum absolute atomic E-state index is 13.2. The van der Waals surface area contributed by atoms with Crippen LogP contribution >= 0.6 is 0 Å². The van der Waals surface area contributed by atoms with Crippen molar-refractivity contribution in [3.05, 3.63) is 0 Å². The fourth-order valence-corrected chi connectivity index (χ4v) is 7.64. The number of amides is 2. The number of hydrogen-bond donors (Lipinski definition) is 1. The number of rotatable bonds is 5. The van der Waals surface area contributed by atoms with Gasteiger partial charge in [0.1, 0.15) is 0 Å². The van der Waals surface area contributed by atoms with Crippen LogP contribution in [0.1, 0.15) is 84.5 Å². The third-order valence-corrected chi connectivity index (χ3v) is 7.67. The second-order valence-corrected chi connectivity index (χ2v) is 10.7. The zero-order chi connectivity index (χ0) is 18.4. The molecule has 4 saturated carbocycles. The molecule has 5 rings (SSSR count). The first-order chi connectivity index (χ1) is 12.3. The van der Waals surface area contributed by atoms with E-state index >= 15 is 0 Å².